The zero-order valence-electron chi connectivity index (χ0n) is 21.9. The Labute approximate surface area is 218 Å². The van der Waals surface area contributed by atoms with E-state index >= 15 is 0 Å². The molecule has 2 atom stereocenters. The second-order valence-electron chi connectivity index (χ2n) is 11.6. The van der Waals surface area contributed by atoms with Crippen molar-refractivity contribution in [2.24, 2.45) is 0 Å². The van der Waals surface area contributed by atoms with Gasteiger partial charge >= 0.3 is 0 Å². The number of aryl methyl sites for hydroxylation is 2. The third-order valence-corrected chi connectivity index (χ3v) is 8.46. The molecule has 2 amide bonds. The number of carbonyl (C=O) groups excluding carboxylic acids is 2. The van der Waals surface area contributed by atoms with Crippen molar-refractivity contribution in [1.82, 2.24) is 4.90 Å². The number of benzene rings is 3. The van der Waals surface area contributed by atoms with Crippen LogP contribution in [0.25, 0.3) is 11.1 Å². The maximum absolute atomic E-state index is 13.2. The lowest BCUT2D eigenvalue weighted by Crippen LogP contribution is -2.35. The molecule has 190 valence electrons. The first-order chi connectivity index (χ1) is 17.6. The van der Waals surface area contributed by atoms with Crippen molar-refractivity contribution < 1.29 is 19.4 Å². The highest BCUT2D eigenvalue weighted by Crippen LogP contribution is 2.61. The summed E-state index contributed by atoms with van der Waals surface area (Å²) < 4.78 is 5.96. The van der Waals surface area contributed by atoms with E-state index in [0.29, 0.717) is 24.2 Å². The molecular weight excluding hydrogens is 462 g/mol. The van der Waals surface area contributed by atoms with Crippen molar-refractivity contribution in [3.05, 3.63) is 88.0 Å². The van der Waals surface area contributed by atoms with Crippen LogP contribution >= 0.6 is 0 Å². The molecule has 5 nitrogen and oxygen atoms in total. The van der Waals surface area contributed by atoms with Crippen LogP contribution in [0, 0.1) is 13.8 Å². The average Bonchev–Trinajstić information content (AvgIpc) is 3.34. The lowest BCUT2D eigenvalue weighted by Gasteiger charge is -2.20. The molecule has 3 aliphatic rings. The van der Waals surface area contributed by atoms with Gasteiger partial charge in [-0.2, -0.15) is 0 Å². The van der Waals surface area contributed by atoms with Gasteiger partial charge in [0.2, 0.25) is 0 Å². The van der Waals surface area contributed by atoms with Gasteiger partial charge in [0, 0.05) is 11.8 Å². The summed E-state index contributed by atoms with van der Waals surface area (Å²) in [6.45, 7) is 8.28. The van der Waals surface area contributed by atoms with Crippen molar-refractivity contribution in [2.45, 2.75) is 70.4 Å². The normalized spacial score (nSPS) is 22.0. The molecule has 1 spiro atoms. The van der Waals surface area contributed by atoms with Crippen LogP contribution in [-0.4, -0.2) is 40.1 Å². The largest absolute Gasteiger partial charge is 0.493 e. The van der Waals surface area contributed by atoms with Crippen LogP contribution < -0.4 is 4.74 Å². The maximum atomic E-state index is 13.2. The highest BCUT2D eigenvalue weighted by atomic mass is 16.5. The van der Waals surface area contributed by atoms with Crippen molar-refractivity contribution in [2.75, 3.05) is 6.61 Å². The zero-order valence-corrected chi connectivity index (χ0v) is 21.9. The van der Waals surface area contributed by atoms with Crippen LogP contribution in [0.1, 0.15) is 76.1 Å². The fraction of sp³-hybridized carbons (Fsp3) is 0.375. The molecule has 3 aromatic rings. The molecular formula is C32H33NO4. The predicted octanol–water partition coefficient (Wildman–Crippen LogP) is 5.76. The predicted molar refractivity (Wildman–Crippen MR) is 143 cm³/mol. The molecule has 0 aromatic heterocycles. The third kappa shape index (κ3) is 3.79. The highest BCUT2D eigenvalue weighted by Gasteiger charge is 2.64. The number of ether oxygens (including phenoxy) is 1. The molecule has 1 aliphatic heterocycles. The molecule has 1 unspecified atom stereocenters. The van der Waals surface area contributed by atoms with Crippen molar-refractivity contribution in [3.63, 3.8) is 0 Å². The molecule has 6 rings (SSSR count). The van der Waals surface area contributed by atoms with Gasteiger partial charge in [0.25, 0.3) is 11.8 Å². The molecule has 3 aromatic carbocycles. The Morgan fingerprint density at radius 2 is 1.59 bits per heavy atom. The van der Waals surface area contributed by atoms with Gasteiger partial charge in [0.1, 0.15) is 5.75 Å². The molecule has 37 heavy (non-hydrogen) atoms. The Morgan fingerprint density at radius 1 is 0.973 bits per heavy atom. The number of rotatable bonds is 6. The fourth-order valence-corrected chi connectivity index (χ4v) is 6.56. The summed E-state index contributed by atoms with van der Waals surface area (Å²) in [5, 5.41) is 9.98. The van der Waals surface area contributed by atoms with Gasteiger partial charge in [0.05, 0.1) is 29.4 Å². The van der Waals surface area contributed by atoms with Crippen LogP contribution in [0.2, 0.25) is 0 Å². The van der Waals surface area contributed by atoms with Crippen molar-refractivity contribution >= 4 is 11.8 Å². The Balaban J connectivity index is 1.29. The average molecular weight is 496 g/mol. The molecule has 1 saturated carbocycles. The Bertz CT molecular complexity index is 1390. The molecule has 1 N–H and O–H groups in total. The minimum atomic E-state index is -0.752. The molecule has 1 heterocycles. The van der Waals surface area contributed by atoms with E-state index in [-0.39, 0.29) is 23.3 Å². The standard InChI is InChI=1S/C32H33NO4/c1-19-16-21(37-15-14-31(3,4)36)17-20(2)28(19)23-10-7-11-26-22(23)12-13-32(26)18-27(32)33-29(34)24-8-5-6-9-25(24)30(33)35/h5-11,16-17,27,36H,12-15,18H2,1-4H3/t27-,32?/m1/s1. The van der Waals surface area contributed by atoms with Gasteiger partial charge in [-0.1, -0.05) is 30.3 Å². The number of nitrogens with zero attached hydrogens (tertiary/aromatic N) is 1. The number of amides is 2. The number of imide groups is 1. The number of fused-ring (bicyclic) bond motifs is 3. The van der Waals surface area contributed by atoms with E-state index in [1.165, 1.54) is 27.2 Å². The molecule has 0 bridgehead atoms. The van der Waals surface area contributed by atoms with E-state index in [1.54, 1.807) is 26.0 Å². The van der Waals surface area contributed by atoms with E-state index in [9.17, 15) is 14.7 Å². The van der Waals surface area contributed by atoms with Gasteiger partial charge in [-0.15, -0.1) is 0 Å². The fourth-order valence-electron chi connectivity index (χ4n) is 6.56. The SMILES string of the molecule is Cc1cc(OCCC(C)(C)O)cc(C)c1-c1cccc2c1CCC21C[C@H]1N1C(=O)c2ccccc2C1=O. The molecule has 1 fully saturated rings. The lowest BCUT2D eigenvalue weighted by molar-refractivity contribution is 0.0552. The minimum Gasteiger partial charge on any atom is -0.493 e. The highest BCUT2D eigenvalue weighted by molar-refractivity contribution is 6.21. The quantitative estimate of drug-likeness (QED) is 0.442. The molecule has 0 saturated heterocycles. The lowest BCUT2D eigenvalue weighted by atomic mass is 9.89. The van der Waals surface area contributed by atoms with Crippen LogP contribution in [0.5, 0.6) is 5.75 Å². The van der Waals surface area contributed by atoms with Crippen LogP contribution in [-0.2, 0) is 11.8 Å². The number of aliphatic hydroxyl groups is 1. The van der Waals surface area contributed by atoms with Crippen LogP contribution in [0.15, 0.2) is 54.6 Å². The summed E-state index contributed by atoms with van der Waals surface area (Å²) in [4.78, 5) is 27.8. The summed E-state index contributed by atoms with van der Waals surface area (Å²) in [5.41, 5.74) is 7.55. The Morgan fingerprint density at radius 3 is 2.22 bits per heavy atom. The molecule has 2 aliphatic carbocycles. The topological polar surface area (TPSA) is 66.8 Å². The number of hydrogen-bond acceptors (Lipinski definition) is 4. The molecule has 0 radical (unpaired) electrons. The smallest absolute Gasteiger partial charge is 0.261 e. The van der Waals surface area contributed by atoms with Crippen molar-refractivity contribution in [3.8, 4) is 16.9 Å². The van der Waals surface area contributed by atoms with E-state index in [2.05, 4.69) is 44.2 Å². The second kappa shape index (κ2) is 8.29. The van der Waals surface area contributed by atoms with Gasteiger partial charge in [-0.05, 0) is 105 Å². The van der Waals surface area contributed by atoms with Crippen molar-refractivity contribution in [1.29, 1.82) is 0 Å². The minimum absolute atomic E-state index is 0.0786. The van der Waals surface area contributed by atoms with E-state index in [4.69, 9.17) is 4.74 Å². The van der Waals surface area contributed by atoms with E-state index < -0.39 is 5.60 Å². The maximum Gasteiger partial charge on any atom is 0.261 e. The molecule has 5 heteroatoms. The second-order valence-corrected chi connectivity index (χ2v) is 11.6. The van der Waals surface area contributed by atoms with Gasteiger partial charge < -0.3 is 9.84 Å². The Kier molecular flexibility index (Phi) is 5.36. The first-order valence-corrected chi connectivity index (χ1v) is 13.2. The zero-order chi connectivity index (χ0) is 26.1. The summed E-state index contributed by atoms with van der Waals surface area (Å²) in [6.07, 6.45) is 3.29. The first kappa shape index (κ1) is 23.9. The first-order valence-electron chi connectivity index (χ1n) is 13.2. The van der Waals surface area contributed by atoms with Crippen LogP contribution in [0.3, 0.4) is 0 Å². The van der Waals surface area contributed by atoms with Gasteiger partial charge in [0.15, 0.2) is 0 Å². The monoisotopic (exact) mass is 495 g/mol. The number of carbonyl (C=O) groups is 2. The summed E-state index contributed by atoms with van der Waals surface area (Å²) in [5.74, 6) is 0.512. The van der Waals surface area contributed by atoms with E-state index in [1.807, 2.05) is 12.1 Å². The van der Waals surface area contributed by atoms with E-state index in [0.717, 1.165) is 36.1 Å². The Hall–Kier alpha value is -3.44. The third-order valence-electron chi connectivity index (χ3n) is 8.46. The number of hydrogen-bond donors (Lipinski definition) is 1. The van der Waals surface area contributed by atoms with Gasteiger partial charge in [-0.3, -0.25) is 14.5 Å². The van der Waals surface area contributed by atoms with Gasteiger partial charge in [-0.25, -0.2) is 0 Å². The summed E-state index contributed by atoms with van der Waals surface area (Å²) >= 11 is 0. The van der Waals surface area contributed by atoms with Crippen LogP contribution in [0.4, 0.5) is 0 Å². The summed E-state index contributed by atoms with van der Waals surface area (Å²) in [7, 11) is 0. The summed E-state index contributed by atoms with van der Waals surface area (Å²) in [6, 6.07) is 17.7.